The van der Waals surface area contributed by atoms with Gasteiger partial charge in [0, 0.05) is 11.8 Å². The van der Waals surface area contributed by atoms with Crippen molar-refractivity contribution in [2.24, 2.45) is 11.8 Å². The zero-order valence-electron chi connectivity index (χ0n) is 14.2. The summed E-state index contributed by atoms with van der Waals surface area (Å²) >= 11 is 0. The van der Waals surface area contributed by atoms with Crippen LogP contribution in [-0.2, 0) is 9.84 Å². The Morgan fingerprint density at radius 3 is 2.29 bits per heavy atom. The van der Waals surface area contributed by atoms with E-state index in [2.05, 4.69) is 12.2 Å². The fourth-order valence-corrected chi connectivity index (χ4v) is 4.55. The van der Waals surface area contributed by atoms with E-state index >= 15 is 0 Å². The molecule has 0 amide bonds. The average Bonchev–Trinajstić information content (AvgIpc) is 2.50. The molecule has 1 aliphatic rings. The van der Waals surface area contributed by atoms with Crippen LogP contribution in [0.5, 0.6) is 0 Å². The summed E-state index contributed by atoms with van der Waals surface area (Å²) in [7, 11) is -0.771. The Morgan fingerprint density at radius 2 is 1.76 bits per heavy atom. The predicted octanol–water partition coefficient (Wildman–Crippen LogP) is 3.79. The van der Waals surface area contributed by atoms with Crippen LogP contribution in [-0.4, -0.2) is 33.0 Å². The third kappa shape index (κ3) is 7.14. The lowest BCUT2D eigenvalue weighted by Gasteiger charge is -2.34. The molecule has 1 saturated carbocycles. The Labute approximate surface area is 132 Å². The zero-order chi connectivity index (χ0) is 15.7. The van der Waals surface area contributed by atoms with Gasteiger partial charge in [-0.25, -0.2) is 8.42 Å². The van der Waals surface area contributed by atoms with Crippen molar-refractivity contribution in [1.29, 1.82) is 0 Å². The van der Waals surface area contributed by atoms with Gasteiger partial charge in [-0.15, -0.1) is 0 Å². The summed E-state index contributed by atoms with van der Waals surface area (Å²) in [5, 5.41) is 3.44. The van der Waals surface area contributed by atoms with E-state index in [4.69, 9.17) is 0 Å². The molecule has 1 N–H and O–H groups in total. The molecule has 3 nitrogen and oxygen atoms in total. The van der Waals surface area contributed by atoms with Crippen LogP contribution < -0.4 is 5.32 Å². The molecule has 126 valence electrons. The van der Waals surface area contributed by atoms with Crippen LogP contribution in [0.4, 0.5) is 0 Å². The van der Waals surface area contributed by atoms with Crippen LogP contribution in [0.15, 0.2) is 0 Å². The van der Waals surface area contributed by atoms with Gasteiger partial charge in [-0.2, -0.15) is 0 Å². The molecule has 0 aromatic carbocycles. The summed E-state index contributed by atoms with van der Waals surface area (Å²) in [5.74, 6) is 2.32. The lowest BCUT2D eigenvalue weighted by molar-refractivity contribution is 0.210. The lowest BCUT2D eigenvalue weighted by Crippen LogP contribution is -2.36. The highest BCUT2D eigenvalue weighted by molar-refractivity contribution is 7.91. The molecular formula is C17H35NO2S. The fraction of sp³-hybridized carbons (Fsp3) is 1.00. The Morgan fingerprint density at radius 1 is 1.10 bits per heavy atom. The Kier molecular flexibility index (Phi) is 8.88. The van der Waals surface area contributed by atoms with E-state index in [1.807, 2.05) is 7.05 Å². The van der Waals surface area contributed by atoms with E-state index in [9.17, 15) is 8.42 Å². The second kappa shape index (κ2) is 9.83. The molecule has 1 atom stereocenters. The van der Waals surface area contributed by atoms with Crippen molar-refractivity contribution in [3.05, 3.63) is 0 Å². The quantitative estimate of drug-likeness (QED) is 0.667. The highest BCUT2D eigenvalue weighted by Gasteiger charge is 2.26. The molecule has 0 saturated heterocycles. The van der Waals surface area contributed by atoms with Crippen molar-refractivity contribution in [3.63, 3.8) is 0 Å². The fourth-order valence-electron chi connectivity index (χ4n) is 3.66. The largest absolute Gasteiger partial charge is 0.317 e. The van der Waals surface area contributed by atoms with Gasteiger partial charge in [0.2, 0.25) is 0 Å². The van der Waals surface area contributed by atoms with Gasteiger partial charge in [-0.1, -0.05) is 46.0 Å². The molecule has 1 aliphatic carbocycles. The molecule has 21 heavy (non-hydrogen) atoms. The first-order valence-electron chi connectivity index (χ1n) is 8.90. The average molecular weight is 318 g/mol. The van der Waals surface area contributed by atoms with Crippen LogP contribution in [0, 0.1) is 11.8 Å². The molecule has 0 radical (unpaired) electrons. The summed E-state index contributed by atoms with van der Waals surface area (Å²) in [4.78, 5) is 0. The van der Waals surface area contributed by atoms with E-state index in [-0.39, 0.29) is 5.75 Å². The van der Waals surface area contributed by atoms with Gasteiger partial charge in [0.1, 0.15) is 9.84 Å². The van der Waals surface area contributed by atoms with Crippen LogP contribution in [0.3, 0.4) is 0 Å². The molecule has 0 aromatic rings. The van der Waals surface area contributed by atoms with Crippen molar-refractivity contribution in [2.45, 2.75) is 77.7 Å². The third-order valence-electron chi connectivity index (χ3n) is 5.21. The molecule has 0 heterocycles. The molecule has 1 unspecified atom stereocenters. The van der Waals surface area contributed by atoms with Crippen LogP contribution in [0.25, 0.3) is 0 Å². The Bertz CT molecular complexity index is 359. The van der Waals surface area contributed by atoms with Gasteiger partial charge in [0.25, 0.3) is 0 Å². The molecule has 0 bridgehead atoms. The number of unbranched alkanes of at least 4 members (excludes halogenated alkanes) is 1. The first-order valence-corrected chi connectivity index (χ1v) is 10.7. The molecule has 0 spiro atoms. The summed E-state index contributed by atoms with van der Waals surface area (Å²) in [6.45, 7) is 4.01. The molecule has 4 heteroatoms. The van der Waals surface area contributed by atoms with E-state index < -0.39 is 9.84 Å². The first-order chi connectivity index (χ1) is 10.0. The van der Waals surface area contributed by atoms with Gasteiger partial charge >= 0.3 is 0 Å². The second-order valence-corrected chi connectivity index (χ2v) is 9.17. The van der Waals surface area contributed by atoms with Crippen molar-refractivity contribution < 1.29 is 8.42 Å². The van der Waals surface area contributed by atoms with Crippen molar-refractivity contribution >= 4 is 9.84 Å². The summed E-state index contributed by atoms with van der Waals surface area (Å²) < 4.78 is 23.1. The van der Waals surface area contributed by atoms with Crippen molar-refractivity contribution in [2.75, 3.05) is 18.6 Å². The van der Waals surface area contributed by atoms with Gasteiger partial charge < -0.3 is 5.32 Å². The zero-order valence-corrected chi connectivity index (χ0v) is 15.1. The van der Waals surface area contributed by atoms with Crippen LogP contribution >= 0.6 is 0 Å². The normalized spacial score (nSPS) is 24.9. The monoisotopic (exact) mass is 317 g/mol. The van der Waals surface area contributed by atoms with E-state index in [1.54, 1.807) is 6.92 Å². The summed E-state index contributed by atoms with van der Waals surface area (Å²) in [6.07, 6.45) is 11.3. The summed E-state index contributed by atoms with van der Waals surface area (Å²) in [6, 6.07) is 0.504. The van der Waals surface area contributed by atoms with Crippen LogP contribution in [0.1, 0.15) is 71.6 Å². The van der Waals surface area contributed by atoms with E-state index in [1.165, 1.54) is 44.9 Å². The smallest absolute Gasteiger partial charge is 0.150 e. The number of hydrogen-bond donors (Lipinski definition) is 1. The number of rotatable bonds is 10. The highest BCUT2D eigenvalue weighted by atomic mass is 32.2. The third-order valence-corrected chi connectivity index (χ3v) is 7.00. The SMILES string of the molecule is CCCCC1CCC(C(CCCS(=O)(=O)CC)NC)CC1. The topological polar surface area (TPSA) is 46.2 Å². The minimum atomic E-state index is -2.80. The number of nitrogens with one attached hydrogen (secondary N) is 1. The Hall–Kier alpha value is -0.0900. The molecular weight excluding hydrogens is 282 g/mol. The van der Waals surface area contributed by atoms with E-state index in [0.717, 1.165) is 24.7 Å². The maximum Gasteiger partial charge on any atom is 0.150 e. The van der Waals surface area contributed by atoms with E-state index in [0.29, 0.717) is 11.8 Å². The van der Waals surface area contributed by atoms with Crippen molar-refractivity contribution in [1.82, 2.24) is 5.32 Å². The predicted molar refractivity (Wildman–Crippen MR) is 91.4 cm³/mol. The standard InChI is InChI=1S/C17H35NO2S/c1-4-6-8-15-10-12-16(13-11-15)17(18-3)9-7-14-21(19,20)5-2/h15-18H,4-14H2,1-3H3. The van der Waals surface area contributed by atoms with Gasteiger partial charge in [-0.3, -0.25) is 0 Å². The number of hydrogen-bond acceptors (Lipinski definition) is 3. The second-order valence-electron chi connectivity index (χ2n) is 6.70. The number of sulfone groups is 1. The molecule has 0 aromatic heterocycles. The van der Waals surface area contributed by atoms with Gasteiger partial charge in [-0.05, 0) is 44.6 Å². The van der Waals surface area contributed by atoms with Crippen molar-refractivity contribution in [3.8, 4) is 0 Å². The lowest BCUT2D eigenvalue weighted by atomic mass is 9.76. The van der Waals surface area contributed by atoms with Crippen LogP contribution in [0.2, 0.25) is 0 Å². The molecule has 0 aliphatic heterocycles. The maximum absolute atomic E-state index is 11.6. The minimum absolute atomic E-state index is 0.278. The Balaban J connectivity index is 2.30. The maximum atomic E-state index is 11.6. The summed E-state index contributed by atoms with van der Waals surface area (Å²) in [5.41, 5.74) is 0. The first kappa shape index (κ1) is 19.0. The minimum Gasteiger partial charge on any atom is -0.317 e. The highest BCUT2D eigenvalue weighted by Crippen LogP contribution is 2.34. The molecule has 1 fully saturated rings. The van der Waals surface area contributed by atoms with Gasteiger partial charge in [0.05, 0.1) is 5.75 Å². The molecule has 1 rings (SSSR count). The van der Waals surface area contributed by atoms with Gasteiger partial charge in [0.15, 0.2) is 0 Å².